The summed E-state index contributed by atoms with van der Waals surface area (Å²) in [7, 11) is 0. The Balaban J connectivity index is 3.11. The second-order valence-corrected chi connectivity index (χ2v) is 6.24. The van der Waals surface area contributed by atoms with Crippen LogP contribution in [0.3, 0.4) is 0 Å². The lowest BCUT2D eigenvalue weighted by Gasteiger charge is -2.38. The van der Waals surface area contributed by atoms with Crippen LogP contribution in [0.2, 0.25) is 0 Å². The lowest BCUT2D eigenvalue weighted by Crippen LogP contribution is -2.25. The zero-order chi connectivity index (χ0) is 13.9. The quantitative estimate of drug-likeness (QED) is 0.547. The van der Waals surface area contributed by atoms with Crippen LogP contribution in [-0.2, 0) is 0 Å². The lowest BCUT2D eigenvalue weighted by atomic mass is 9.67. The minimum Gasteiger partial charge on any atom is -0.0953 e. The summed E-state index contributed by atoms with van der Waals surface area (Å²) in [6, 6.07) is 0. The molecule has 0 radical (unpaired) electrons. The van der Waals surface area contributed by atoms with E-state index >= 15 is 0 Å². The first-order valence-electron chi connectivity index (χ1n) is 7.05. The van der Waals surface area contributed by atoms with Crippen LogP contribution in [0.5, 0.6) is 0 Å². The maximum absolute atomic E-state index is 4.25. The topological polar surface area (TPSA) is 0 Å². The molecule has 1 unspecified atom stereocenters. The summed E-state index contributed by atoms with van der Waals surface area (Å²) in [5.41, 5.74) is 5.76. The Bertz CT molecular complexity index is 413. The van der Waals surface area contributed by atoms with Crippen molar-refractivity contribution in [1.29, 1.82) is 0 Å². The molecule has 0 spiro atoms. The van der Waals surface area contributed by atoms with E-state index in [1.165, 1.54) is 28.7 Å². The summed E-state index contributed by atoms with van der Waals surface area (Å²) in [5, 5.41) is 0. The van der Waals surface area contributed by atoms with Gasteiger partial charge in [-0.05, 0) is 54.7 Å². The van der Waals surface area contributed by atoms with E-state index in [1.807, 2.05) is 0 Å². The number of hydrogen-bond donors (Lipinski definition) is 0. The van der Waals surface area contributed by atoms with Crippen LogP contribution in [0.4, 0.5) is 0 Å². The monoisotopic (exact) mass is 244 g/mol. The standard InChI is InChI=1S/C18H28/c1-8-9-13(2)10-11-17-16(5)15(4)14(3)12-18(17,6)7/h9-11,14H,4,8,12H2,1-3,5-7H3/b11-10+,13-9+. The highest BCUT2D eigenvalue weighted by molar-refractivity contribution is 5.46. The zero-order valence-electron chi connectivity index (χ0n) is 12.9. The Kier molecular flexibility index (Phi) is 4.78. The fraction of sp³-hybridized carbons (Fsp3) is 0.556. The van der Waals surface area contributed by atoms with E-state index in [0.29, 0.717) is 5.92 Å². The van der Waals surface area contributed by atoms with E-state index in [0.717, 1.165) is 6.42 Å². The minimum atomic E-state index is 0.258. The normalized spacial score (nSPS) is 25.1. The van der Waals surface area contributed by atoms with Crippen molar-refractivity contribution in [2.75, 3.05) is 0 Å². The molecule has 0 aliphatic heterocycles. The first-order valence-corrected chi connectivity index (χ1v) is 7.05. The third-order valence-electron chi connectivity index (χ3n) is 4.07. The van der Waals surface area contributed by atoms with Crippen LogP contribution >= 0.6 is 0 Å². The van der Waals surface area contributed by atoms with Crippen molar-refractivity contribution < 1.29 is 0 Å². The molecule has 0 N–H and O–H groups in total. The van der Waals surface area contributed by atoms with E-state index in [4.69, 9.17) is 0 Å². The molecule has 1 aliphatic carbocycles. The highest BCUT2D eigenvalue weighted by Gasteiger charge is 2.32. The summed E-state index contributed by atoms with van der Waals surface area (Å²) < 4.78 is 0. The molecule has 0 fully saturated rings. The van der Waals surface area contributed by atoms with Crippen LogP contribution in [0.1, 0.15) is 54.4 Å². The predicted octanol–water partition coefficient (Wildman–Crippen LogP) is 5.84. The summed E-state index contributed by atoms with van der Waals surface area (Å²) >= 11 is 0. The van der Waals surface area contributed by atoms with E-state index in [-0.39, 0.29) is 5.41 Å². The van der Waals surface area contributed by atoms with E-state index in [2.05, 4.69) is 66.3 Å². The average molecular weight is 244 g/mol. The lowest BCUT2D eigenvalue weighted by molar-refractivity contribution is 0.344. The van der Waals surface area contributed by atoms with Crippen LogP contribution in [0.25, 0.3) is 0 Å². The molecule has 0 aromatic carbocycles. The maximum Gasteiger partial charge on any atom is -0.00951 e. The van der Waals surface area contributed by atoms with Gasteiger partial charge in [0.15, 0.2) is 0 Å². The Morgan fingerprint density at radius 3 is 2.61 bits per heavy atom. The molecule has 0 saturated heterocycles. The third-order valence-corrected chi connectivity index (χ3v) is 4.07. The van der Waals surface area contributed by atoms with Crippen molar-refractivity contribution in [3.8, 4) is 0 Å². The van der Waals surface area contributed by atoms with Gasteiger partial charge in [0.05, 0.1) is 0 Å². The summed E-state index contributed by atoms with van der Waals surface area (Å²) in [4.78, 5) is 0. The molecule has 0 heteroatoms. The SMILES string of the molecule is C=C1C(C)=C(/C=C/C(C)=C/CC)C(C)(C)CC1C. The van der Waals surface area contributed by atoms with E-state index < -0.39 is 0 Å². The average Bonchev–Trinajstić information content (AvgIpc) is 2.25. The molecular formula is C18H28. The number of allylic oxidation sites excluding steroid dienone is 7. The van der Waals surface area contributed by atoms with Gasteiger partial charge >= 0.3 is 0 Å². The van der Waals surface area contributed by atoms with Gasteiger partial charge in [-0.3, -0.25) is 0 Å². The number of rotatable bonds is 3. The van der Waals surface area contributed by atoms with Gasteiger partial charge in [0, 0.05) is 0 Å². The largest absolute Gasteiger partial charge is 0.0953 e. The van der Waals surface area contributed by atoms with Crippen molar-refractivity contribution in [3.05, 3.63) is 47.1 Å². The Hall–Kier alpha value is -1.04. The van der Waals surface area contributed by atoms with Gasteiger partial charge in [0.2, 0.25) is 0 Å². The fourth-order valence-electron chi connectivity index (χ4n) is 3.00. The molecule has 0 aromatic heterocycles. The van der Waals surface area contributed by atoms with Gasteiger partial charge in [-0.25, -0.2) is 0 Å². The van der Waals surface area contributed by atoms with E-state index in [1.54, 1.807) is 0 Å². The smallest absolute Gasteiger partial charge is 0.00951 e. The molecule has 0 saturated carbocycles. The fourth-order valence-corrected chi connectivity index (χ4v) is 3.00. The van der Waals surface area contributed by atoms with Crippen molar-refractivity contribution in [2.24, 2.45) is 11.3 Å². The summed E-state index contributed by atoms with van der Waals surface area (Å²) in [5.74, 6) is 0.601. The van der Waals surface area contributed by atoms with Gasteiger partial charge in [-0.15, -0.1) is 0 Å². The molecule has 1 aliphatic rings. The molecule has 0 nitrogen and oxygen atoms in total. The Morgan fingerprint density at radius 2 is 2.06 bits per heavy atom. The van der Waals surface area contributed by atoms with Crippen LogP contribution in [0.15, 0.2) is 47.1 Å². The molecule has 0 amide bonds. The van der Waals surface area contributed by atoms with Crippen molar-refractivity contribution >= 4 is 0 Å². The Morgan fingerprint density at radius 1 is 1.44 bits per heavy atom. The van der Waals surface area contributed by atoms with Crippen LogP contribution < -0.4 is 0 Å². The van der Waals surface area contributed by atoms with Gasteiger partial charge in [-0.2, -0.15) is 0 Å². The molecule has 0 heterocycles. The maximum atomic E-state index is 4.25. The van der Waals surface area contributed by atoms with Gasteiger partial charge in [0.1, 0.15) is 0 Å². The van der Waals surface area contributed by atoms with Crippen LogP contribution in [-0.4, -0.2) is 0 Å². The van der Waals surface area contributed by atoms with E-state index in [9.17, 15) is 0 Å². The van der Waals surface area contributed by atoms with Crippen molar-refractivity contribution in [1.82, 2.24) is 0 Å². The summed E-state index contributed by atoms with van der Waals surface area (Å²) in [6.07, 6.45) is 9.10. The van der Waals surface area contributed by atoms with Crippen LogP contribution in [0, 0.1) is 11.3 Å². The molecule has 100 valence electrons. The van der Waals surface area contributed by atoms with Crippen molar-refractivity contribution in [2.45, 2.75) is 54.4 Å². The highest BCUT2D eigenvalue weighted by Crippen LogP contribution is 2.45. The Labute approximate surface area is 113 Å². The molecule has 0 aromatic rings. The number of hydrogen-bond acceptors (Lipinski definition) is 0. The zero-order valence-corrected chi connectivity index (χ0v) is 12.9. The van der Waals surface area contributed by atoms with Crippen molar-refractivity contribution in [3.63, 3.8) is 0 Å². The van der Waals surface area contributed by atoms with Gasteiger partial charge in [-0.1, -0.05) is 58.1 Å². The summed E-state index contributed by atoms with van der Waals surface area (Å²) in [6.45, 7) is 17.8. The molecule has 1 atom stereocenters. The minimum absolute atomic E-state index is 0.258. The third kappa shape index (κ3) is 3.25. The predicted molar refractivity (Wildman–Crippen MR) is 82.6 cm³/mol. The molecule has 18 heavy (non-hydrogen) atoms. The van der Waals surface area contributed by atoms with Gasteiger partial charge < -0.3 is 0 Å². The second kappa shape index (κ2) is 5.73. The molecule has 1 rings (SSSR count). The second-order valence-electron chi connectivity index (χ2n) is 6.24. The highest BCUT2D eigenvalue weighted by atomic mass is 14.4. The first kappa shape index (κ1) is 15.0. The molecule has 0 bridgehead atoms. The molecular weight excluding hydrogens is 216 g/mol. The van der Waals surface area contributed by atoms with Gasteiger partial charge in [0.25, 0.3) is 0 Å². The first-order chi connectivity index (χ1) is 8.29.